The van der Waals surface area contributed by atoms with Crippen molar-refractivity contribution in [1.29, 1.82) is 0 Å². The minimum absolute atomic E-state index is 0.0231. The standard InChI is InChI=1S/C80H100O22/c1-45(2)23-22-24-46(3)58-35-36-59-57-34-33-55-41-56(37-39-79(55,8)60(57)38-40-80(58,59)9)94-77-71(102-78-70(93-50(7)84)67(92-49(6)83)64(91-48(5)82)62(97-78)42-88-47(4)81)68(65-63(96-77)44-89-75(100-65)54-31-20-13-21-32-54)101-76-69(99-74(87)53-29-18-12-19-30-53)66(98-73(86)52-27-16-11-17-28-52)61(43-90-76)95-72(85)51-25-14-10-15-26-51/h10-21,25-32,45-46,55-71,75-78H,22-24,33-44H2,1-9H3/t46-,55+,56+,57+,58-,59+,60+,61-,62-,63-,64+,65-,66+,67+,68+,69-,70-,71-,75-,76+,77-,78+,79+,80-/m1/s1. The van der Waals surface area contributed by atoms with E-state index < -0.39 is 153 Å². The van der Waals surface area contributed by atoms with Crippen molar-refractivity contribution in [3.05, 3.63) is 144 Å². The zero-order valence-electron chi connectivity index (χ0n) is 59.9. The van der Waals surface area contributed by atoms with Crippen molar-refractivity contribution in [2.75, 3.05) is 19.8 Å². The summed E-state index contributed by atoms with van der Waals surface area (Å²) in [7, 11) is 0. The van der Waals surface area contributed by atoms with Crippen molar-refractivity contribution >= 4 is 41.8 Å². The van der Waals surface area contributed by atoms with Crippen LogP contribution in [0.2, 0.25) is 0 Å². The van der Waals surface area contributed by atoms with E-state index in [1.165, 1.54) is 64.0 Å². The Morgan fingerprint density at radius 3 is 1.65 bits per heavy atom. The molecule has 0 N–H and O–H groups in total. The lowest BCUT2D eigenvalue weighted by atomic mass is 9.44. The molecule has 4 saturated heterocycles. The van der Waals surface area contributed by atoms with Crippen LogP contribution in [0, 0.1) is 52.3 Å². The third kappa shape index (κ3) is 16.8. The highest BCUT2D eigenvalue weighted by Crippen LogP contribution is 2.69. The molecule has 102 heavy (non-hydrogen) atoms. The molecule has 24 atom stereocenters. The first-order chi connectivity index (χ1) is 49.0. The average molecular weight is 1410 g/mol. The lowest BCUT2D eigenvalue weighted by Crippen LogP contribution is -2.69. The quantitative estimate of drug-likeness (QED) is 0.0380. The van der Waals surface area contributed by atoms with Gasteiger partial charge in [0.2, 0.25) is 0 Å². The summed E-state index contributed by atoms with van der Waals surface area (Å²) in [5, 5.41) is 0. The van der Waals surface area contributed by atoms with Gasteiger partial charge in [-0.3, -0.25) is 19.2 Å². The van der Waals surface area contributed by atoms with Crippen LogP contribution in [-0.2, 0) is 90.2 Å². The molecule has 0 unspecified atom stereocenters. The zero-order valence-corrected chi connectivity index (χ0v) is 59.9. The van der Waals surface area contributed by atoms with E-state index >= 15 is 0 Å². The third-order valence-electron chi connectivity index (χ3n) is 23.2. The van der Waals surface area contributed by atoms with E-state index in [2.05, 4.69) is 34.6 Å². The summed E-state index contributed by atoms with van der Waals surface area (Å²) in [4.78, 5) is 96.0. The number of carbonyl (C=O) groups excluding carboxylic acids is 7. The van der Waals surface area contributed by atoms with Crippen LogP contribution in [0.5, 0.6) is 0 Å². The first-order valence-corrected chi connectivity index (χ1v) is 36.7. The molecule has 4 aromatic carbocycles. The molecule has 8 aliphatic rings. The number of hydrogen-bond acceptors (Lipinski definition) is 22. The largest absolute Gasteiger partial charge is 0.463 e. The highest BCUT2D eigenvalue weighted by Gasteiger charge is 2.63. The minimum Gasteiger partial charge on any atom is -0.463 e. The van der Waals surface area contributed by atoms with Crippen LogP contribution < -0.4 is 0 Å². The van der Waals surface area contributed by atoms with Crippen molar-refractivity contribution < 1.29 is 105 Å². The number of benzene rings is 4. The van der Waals surface area contributed by atoms with Gasteiger partial charge in [-0.25, -0.2) is 14.4 Å². The van der Waals surface area contributed by atoms with E-state index in [0.717, 1.165) is 46.0 Å². The van der Waals surface area contributed by atoms with Gasteiger partial charge in [-0.05, 0) is 146 Å². The van der Waals surface area contributed by atoms with Crippen LogP contribution in [0.15, 0.2) is 121 Å². The second kappa shape index (κ2) is 32.9. The molecule has 0 radical (unpaired) electrons. The first-order valence-electron chi connectivity index (χ1n) is 36.7. The Labute approximate surface area is 597 Å². The molecule has 4 aliphatic carbocycles. The molecular weight excluding hydrogens is 1310 g/mol. The minimum atomic E-state index is -1.84. The first kappa shape index (κ1) is 74.6. The number of carbonyl (C=O) groups is 7. The second-order valence-corrected chi connectivity index (χ2v) is 30.2. The summed E-state index contributed by atoms with van der Waals surface area (Å²) in [6.45, 7) is 15.6. The topological polar surface area (TPSA) is 258 Å². The van der Waals surface area contributed by atoms with Gasteiger partial charge in [0.25, 0.3) is 0 Å². The van der Waals surface area contributed by atoms with Gasteiger partial charge >= 0.3 is 41.8 Å². The molecule has 0 spiro atoms. The molecule has 8 fully saturated rings. The fourth-order valence-electron chi connectivity index (χ4n) is 18.4. The highest BCUT2D eigenvalue weighted by molar-refractivity contribution is 5.91. The van der Waals surface area contributed by atoms with Gasteiger partial charge in [-0.2, -0.15) is 0 Å². The molecule has 4 aliphatic heterocycles. The average Bonchev–Trinajstić information content (AvgIpc) is 1.37. The molecule has 0 bridgehead atoms. The van der Waals surface area contributed by atoms with Crippen molar-refractivity contribution in [1.82, 2.24) is 0 Å². The predicted molar refractivity (Wildman–Crippen MR) is 365 cm³/mol. The number of hydrogen-bond donors (Lipinski definition) is 0. The van der Waals surface area contributed by atoms with Crippen LogP contribution in [0.3, 0.4) is 0 Å². The summed E-state index contributed by atoms with van der Waals surface area (Å²) in [5.41, 5.74) is 1.33. The Morgan fingerprint density at radius 2 is 1.03 bits per heavy atom. The SMILES string of the molecule is CC(=O)OC[C@H]1O[C@@H](O[C@H]2[C@H](O[C@H]3CC[C@@]4(C)[C@@H](CC[C@@H]5[C@@H]4CC[C@]4(C)[C@@H]([C@H](C)CCCC(C)C)CC[C@@H]54)C3)O[C@@H]3CO[C@@H](c4ccccc4)O[C@H]3[C@@H]2O[C@@H]2OC[C@@H](OC(=O)c3ccccc3)[C@H](OC(=O)c3ccccc3)[C@H]2OC(=O)c2ccccc2)[C@H](OC(C)=O)[C@@H](OC(C)=O)[C@H]1OC(C)=O. The van der Waals surface area contributed by atoms with E-state index in [1.54, 1.807) is 78.9 Å². The Balaban J connectivity index is 0.936. The molecule has 22 heteroatoms. The van der Waals surface area contributed by atoms with Crippen molar-refractivity contribution in [3.63, 3.8) is 0 Å². The van der Waals surface area contributed by atoms with E-state index in [0.29, 0.717) is 53.4 Å². The monoisotopic (exact) mass is 1410 g/mol. The summed E-state index contributed by atoms with van der Waals surface area (Å²) in [5.74, 6) is -1.65. The van der Waals surface area contributed by atoms with Gasteiger partial charge in [-0.1, -0.05) is 139 Å². The third-order valence-corrected chi connectivity index (χ3v) is 23.2. The van der Waals surface area contributed by atoms with Crippen LogP contribution in [0.1, 0.15) is 182 Å². The van der Waals surface area contributed by atoms with E-state index in [1.807, 2.05) is 30.3 Å². The summed E-state index contributed by atoms with van der Waals surface area (Å²) < 4.78 is 98.7. The Morgan fingerprint density at radius 1 is 0.480 bits per heavy atom. The fraction of sp³-hybridized carbons (Fsp3) is 0.613. The second-order valence-electron chi connectivity index (χ2n) is 30.2. The molecule has 12 rings (SSSR count). The van der Waals surface area contributed by atoms with Crippen molar-refractivity contribution in [2.45, 2.75) is 238 Å². The summed E-state index contributed by atoms with van der Waals surface area (Å²) >= 11 is 0. The van der Waals surface area contributed by atoms with E-state index in [-0.39, 0.29) is 34.6 Å². The number of fused-ring (bicyclic) bond motifs is 6. The molecule has 4 saturated carbocycles. The molecule has 552 valence electrons. The maximum atomic E-state index is 14.8. The Hall–Kier alpha value is -7.15. The van der Waals surface area contributed by atoms with Crippen molar-refractivity contribution in [2.24, 2.45) is 52.3 Å². The van der Waals surface area contributed by atoms with Gasteiger partial charge < -0.3 is 71.1 Å². The van der Waals surface area contributed by atoms with Crippen LogP contribution in [0.25, 0.3) is 0 Å². The van der Waals surface area contributed by atoms with Crippen molar-refractivity contribution in [3.8, 4) is 0 Å². The molecule has 4 aromatic rings. The smallest absolute Gasteiger partial charge is 0.338 e. The lowest BCUT2D eigenvalue weighted by Gasteiger charge is -2.61. The maximum absolute atomic E-state index is 14.8. The number of ether oxygens (including phenoxy) is 15. The number of rotatable bonds is 23. The lowest BCUT2D eigenvalue weighted by molar-refractivity contribution is -0.415. The van der Waals surface area contributed by atoms with Crippen LogP contribution in [0.4, 0.5) is 0 Å². The van der Waals surface area contributed by atoms with E-state index in [4.69, 9.17) is 71.1 Å². The highest BCUT2D eigenvalue weighted by atomic mass is 16.8. The van der Waals surface area contributed by atoms with Gasteiger partial charge in [0, 0.05) is 33.3 Å². The van der Waals surface area contributed by atoms with Gasteiger partial charge in [0.1, 0.15) is 37.1 Å². The summed E-state index contributed by atoms with van der Waals surface area (Å²) in [6.07, 6.45) is -10.1. The molecule has 4 heterocycles. The predicted octanol–water partition coefficient (Wildman–Crippen LogP) is 12.2. The van der Waals surface area contributed by atoms with Gasteiger partial charge in [-0.15, -0.1) is 0 Å². The fourth-order valence-corrected chi connectivity index (χ4v) is 18.4. The Kier molecular flexibility index (Phi) is 24.0. The molecule has 22 nitrogen and oxygen atoms in total. The van der Waals surface area contributed by atoms with Crippen LogP contribution in [-0.4, -0.2) is 154 Å². The summed E-state index contributed by atoms with van der Waals surface area (Å²) in [6, 6.07) is 33.5. The normalized spacial score (nSPS) is 35.8. The Bertz CT molecular complexity index is 3500. The van der Waals surface area contributed by atoms with Gasteiger partial charge in [0.05, 0.1) is 36.0 Å². The molecular formula is C80H100O22. The zero-order chi connectivity index (χ0) is 72.0. The van der Waals surface area contributed by atoms with Gasteiger partial charge in [0.15, 0.2) is 61.8 Å². The molecule has 0 amide bonds. The van der Waals surface area contributed by atoms with Crippen LogP contribution >= 0.6 is 0 Å². The number of esters is 7. The van der Waals surface area contributed by atoms with E-state index in [9.17, 15) is 33.6 Å². The maximum Gasteiger partial charge on any atom is 0.338 e. The molecule has 0 aromatic heterocycles.